The molecule has 0 bridgehead atoms. The number of nitrogens with one attached hydrogen (secondary N) is 1. The fourth-order valence-electron chi connectivity index (χ4n) is 9.92. The molecule has 72 heavy (non-hydrogen) atoms. The molecule has 1 N–H and O–H groups in total. The summed E-state index contributed by atoms with van der Waals surface area (Å²) >= 11 is 0. The van der Waals surface area contributed by atoms with Crippen molar-refractivity contribution in [3.8, 4) is 89.3 Å². The van der Waals surface area contributed by atoms with Crippen LogP contribution in [0.4, 0.5) is 0 Å². The van der Waals surface area contributed by atoms with Gasteiger partial charge in [-0.15, -0.1) is 0 Å². The van der Waals surface area contributed by atoms with E-state index in [-0.39, 0.29) is 6.17 Å². The van der Waals surface area contributed by atoms with Gasteiger partial charge in [0.15, 0.2) is 0 Å². The Morgan fingerprint density at radius 2 is 0.611 bits per heavy atom. The van der Waals surface area contributed by atoms with Crippen LogP contribution in [0.5, 0.6) is 0 Å². The molecular formula is C69H49N3. The molecule has 2 heterocycles. The molecule has 1 aromatic heterocycles. The Hall–Kier alpha value is -9.44. The van der Waals surface area contributed by atoms with E-state index in [0.717, 1.165) is 95.1 Å². The van der Waals surface area contributed by atoms with E-state index in [1.165, 1.54) is 22.3 Å². The Morgan fingerprint density at radius 1 is 0.264 bits per heavy atom. The summed E-state index contributed by atoms with van der Waals surface area (Å²) in [4.78, 5) is 11.0. The van der Waals surface area contributed by atoms with E-state index in [1.54, 1.807) is 0 Å². The molecule has 12 rings (SSSR count). The van der Waals surface area contributed by atoms with Crippen LogP contribution >= 0.6 is 0 Å². The molecule has 0 saturated heterocycles. The number of pyridine rings is 1. The third-order valence-electron chi connectivity index (χ3n) is 13.6. The van der Waals surface area contributed by atoms with Gasteiger partial charge in [-0.2, -0.15) is 0 Å². The van der Waals surface area contributed by atoms with Crippen LogP contribution in [0.3, 0.4) is 0 Å². The lowest BCUT2D eigenvalue weighted by Crippen LogP contribution is -2.24. The van der Waals surface area contributed by atoms with Gasteiger partial charge in [-0.05, 0) is 78.9 Å². The summed E-state index contributed by atoms with van der Waals surface area (Å²) in [5.41, 5.74) is 22.9. The van der Waals surface area contributed by atoms with Gasteiger partial charge < -0.3 is 5.32 Å². The number of benzene rings is 10. The molecule has 1 aliphatic heterocycles. The van der Waals surface area contributed by atoms with Crippen molar-refractivity contribution in [1.82, 2.24) is 10.3 Å². The second-order valence-electron chi connectivity index (χ2n) is 18.1. The van der Waals surface area contributed by atoms with E-state index in [1.807, 2.05) is 0 Å². The smallest absolute Gasteiger partial charge is 0.145 e. The molecule has 0 saturated carbocycles. The molecule has 10 aromatic carbocycles. The van der Waals surface area contributed by atoms with E-state index in [0.29, 0.717) is 0 Å². The highest BCUT2D eigenvalue weighted by atomic mass is 15.1. The Bertz CT molecular complexity index is 3580. The van der Waals surface area contributed by atoms with Gasteiger partial charge in [0.1, 0.15) is 6.17 Å². The highest BCUT2D eigenvalue weighted by molar-refractivity contribution is 6.13. The second kappa shape index (κ2) is 19.9. The number of allylic oxidation sites excluding steroid dienone is 1. The number of aromatic nitrogens is 1. The predicted molar refractivity (Wildman–Crippen MR) is 301 cm³/mol. The molecule has 0 radical (unpaired) electrons. The van der Waals surface area contributed by atoms with Gasteiger partial charge in [-0.3, -0.25) is 4.99 Å². The first-order chi connectivity index (χ1) is 35.7. The molecule has 1 unspecified atom stereocenters. The molecule has 1 atom stereocenters. The summed E-state index contributed by atoms with van der Waals surface area (Å²) in [6, 6.07) is 99.2. The largest absolute Gasteiger partial charge is 0.360 e. The summed E-state index contributed by atoms with van der Waals surface area (Å²) in [6.45, 7) is 0. The average molecular weight is 920 g/mol. The average Bonchev–Trinajstić information content (AvgIpc) is 3.48. The first-order valence-corrected chi connectivity index (χ1v) is 24.6. The maximum Gasteiger partial charge on any atom is 0.145 e. The van der Waals surface area contributed by atoms with Crippen LogP contribution in [0, 0.1) is 0 Å². The van der Waals surface area contributed by atoms with Crippen LogP contribution in [0.25, 0.3) is 95.0 Å². The highest BCUT2D eigenvalue weighted by Crippen LogP contribution is 2.49. The van der Waals surface area contributed by atoms with Gasteiger partial charge in [0.2, 0.25) is 0 Å². The number of hydrogen-bond acceptors (Lipinski definition) is 3. The molecule has 0 amide bonds. The molecule has 3 heteroatoms. The molecule has 3 nitrogen and oxygen atoms in total. The fourth-order valence-corrected chi connectivity index (χ4v) is 9.92. The van der Waals surface area contributed by atoms with Gasteiger partial charge in [-0.1, -0.05) is 273 Å². The predicted octanol–water partition coefficient (Wildman–Crippen LogP) is 17.5. The van der Waals surface area contributed by atoms with Gasteiger partial charge in [0, 0.05) is 33.5 Å². The van der Waals surface area contributed by atoms with Crippen LogP contribution < -0.4 is 5.32 Å². The SMILES string of the molecule is C1=C(c2ccc(-c3ccccc3)cc2)NC(c2ccc(-c3ccccc3)cc2)N=C1c1ccc(-c2cccc(-c3c(-c4ccccc4)c(-c4ccccc4)nc(-c4ccccc4)c3-c3ccccc3)c2)cc1. The van der Waals surface area contributed by atoms with Gasteiger partial charge in [0.25, 0.3) is 0 Å². The van der Waals surface area contributed by atoms with Crippen LogP contribution in [-0.2, 0) is 0 Å². The van der Waals surface area contributed by atoms with E-state index < -0.39 is 0 Å². The standard InChI is InChI=1S/C69H49N3/c1-7-20-48(21-8-1)50-34-40-53(41-35-50)62-47-63(71-69(70-62)59-44-38-51(39-45-59)49-22-9-2-10-23-49)54-42-36-52(37-43-54)60-32-19-33-61(46-60)64-65(55-24-11-3-12-25-55)67(57-28-15-5-16-29-57)72-68(58-30-17-6-18-31-58)66(64)56-26-13-4-14-27-56/h1-47,69-70H. The van der Waals surface area contributed by atoms with Crippen molar-refractivity contribution < 1.29 is 0 Å². The van der Waals surface area contributed by atoms with Crippen molar-refractivity contribution in [3.63, 3.8) is 0 Å². The minimum atomic E-state index is -0.283. The Morgan fingerprint density at radius 3 is 1.08 bits per heavy atom. The zero-order chi connectivity index (χ0) is 48.1. The van der Waals surface area contributed by atoms with Crippen LogP contribution in [0.15, 0.2) is 290 Å². The third kappa shape index (κ3) is 8.99. The highest BCUT2D eigenvalue weighted by Gasteiger charge is 2.26. The van der Waals surface area contributed by atoms with Crippen molar-refractivity contribution >= 4 is 11.4 Å². The van der Waals surface area contributed by atoms with Crippen molar-refractivity contribution in [2.24, 2.45) is 4.99 Å². The maximum atomic E-state index is 5.65. The molecule has 1 aliphatic rings. The van der Waals surface area contributed by atoms with Crippen molar-refractivity contribution in [2.75, 3.05) is 0 Å². The molecule has 11 aromatic rings. The van der Waals surface area contributed by atoms with E-state index in [9.17, 15) is 0 Å². The van der Waals surface area contributed by atoms with Crippen LogP contribution in [0.2, 0.25) is 0 Å². The van der Waals surface area contributed by atoms with Gasteiger partial charge >= 0.3 is 0 Å². The molecular weight excluding hydrogens is 871 g/mol. The minimum Gasteiger partial charge on any atom is -0.360 e. The monoisotopic (exact) mass is 919 g/mol. The third-order valence-corrected chi connectivity index (χ3v) is 13.6. The fraction of sp³-hybridized carbons (Fsp3) is 0.0145. The summed E-state index contributed by atoms with van der Waals surface area (Å²) in [6.07, 6.45) is 1.91. The first-order valence-electron chi connectivity index (χ1n) is 24.6. The summed E-state index contributed by atoms with van der Waals surface area (Å²) in [5, 5.41) is 3.79. The maximum absolute atomic E-state index is 5.65. The quantitative estimate of drug-likeness (QED) is 0.140. The molecule has 0 aliphatic carbocycles. The van der Waals surface area contributed by atoms with Crippen molar-refractivity contribution in [1.29, 1.82) is 0 Å². The van der Waals surface area contributed by atoms with Gasteiger partial charge in [0.05, 0.1) is 17.1 Å². The topological polar surface area (TPSA) is 37.3 Å². The van der Waals surface area contributed by atoms with E-state index >= 15 is 0 Å². The molecule has 0 fully saturated rings. The normalized spacial score (nSPS) is 13.1. The number of rotatable bonds is 11. The number of nitrogens with zero attached hydrogens (tertiary/aromatic N) is 2. The van der Waals surface area contributed by atoms with Gasteiger partial charge in [-0.25, -0.2) is 4.98 Å². The number of aliphatic imine (C=N–C) groups is 1. The molecule has 0 spiro atoms. The zero-order valence-electron chi connectivity index (χ0n) is 39.6. The van der Waals surface area contributed by atoms with E-state index in [2.05, 4.69) is 290 Å². The second-order valence-corrected chi connectivity index (χ2v) is 18.1. The lowest BCUT2D eigenvalue weighted by atomic mass is 9.82. The summed E-state index contributed by atoms with van der Waals surface area (Å²) in [5.74, 6) is 0. The Balaban J connectivity index is 0.966. The first kappa shape index (κ1) is 43.8. The minimum absolute atomic E-state index is 0.283. The summed E-state index contributed by atoms with van der Waals surface area (Å²) < 4.78 is 0. The van der Waals surface area contributed by atoms with E-state index in [4.69, 9.17) is 9.98 Å². The lowest BCUT2D eigenvalue weighted by Gasteiger charge is -2.25. The van der Waals surface area contributed by atoms with Crippen LogP contribution in [0.1, 0.15) is 22.9 Å². The molecule has 340 valence electrons. The van der Waals surface area contributed by atoms with Crippen molar-refractivity contribution in [3.05, 3.63) is 302 Å². The van der Waals surface area contributed by atoms with Crippen LogP contribution in [-0.4, -0.2) is 10.7 Å². The number of hydrogen-bond donors (Lipinski definition) is 1. The Kier molecular flexibility index (Phi) is 12.1. The zero-order valence-corrected chi connectivity index (χ0v) is 39.6. The summed E-state index contributed by atoms with van der Waals surface area (Å²) in [7, 11) is 0. The van der Waals surface area contributed by atoms with Crippen molar-refractivity contribution in [2.45, 2.75) is 6.17 Å². The lowest BCUT2D eigenvalue weighted by molar-refractivity contribution is 0.664. The Labute approximate surface area is 421 Å².